The topological polar surface area (TPSA) is 149 Å². The molecule has 140 valence electrons. The zero-order chi connectivity index (χ0) is 20.5. The molecule has 0 heterocycles. The molecule has 0 saturated carbocycles. The van der Waals surface area contributed by atoms with E-state index in [0.29, 0.717) is 5.56 Å². The fourth-order valence-corrected chi connectivity index (χ4v) is 6.38. The van der Waals surface area contributed by atoms with Crippen molar-refractivity contribution in [1.29, 1.82) is 0 Å². The van der Waals surface area contributed by atoms with Gasteiger partial charge >= 0.3 is 20.0 Å². The second-order valence-corrected chi connectivity index (χ2v) is 9.47. The first-order valence-corrected chi connectivity index (χ1v) is 9.69. The molecule has 0 aromatic heterocycles. The molecule has 8 nitrogen and oxygen atoms in total. The van der Waals surface area contributed by atoms with Crippen LogP contribution in [-0.4, -0.2) is 51.6 Å². The Balaban J connectivity index is 3.05. The van der Waals surface area contributed by atoms with Gasteiger partial charge in [-0.05, 0) is 35.9 Å². The smallest absolute Gasteiger partial charge is 0.371 e. The van der Waals surface area contributed by atoms with E-state index >= 15 is 0 Å². The number of hydrogen-bond donors (Lipinski definition) is 4. The van der Waals surface area contributed by atoms with E-state index in [1.165, 1.54) is 25.1 Å². The number of aryl methyl sites for hydroxylation is 1. The van der Waals surface area contributed by atoms with E-state index in [-0.39, 0.29) is 21.5 Å². The zero-order valence-electron chi connectivity index (χ0n) is 14.4. The third kappa shape index (κ3) is 3.08. The van der Waals surface area contributed by atoms with E-state index in [1.54, 1.807) is 13.0 Å². The number of rotatable bonds is 6. The number of carbonyl (C=O) groups is 4. The van der Waals surface area contributed by atoms with Crippen LogP contribution in [0.5, 0.6) is 0 Å². The first kappa shape index (κ1) is 19.9. The van der Waals surface area contributed by atoms with Crippen molar-refractivity contribution < 1.29 is 39.6 Å². The molecule has 2 aromatic rings. The molecule has 27 heavy (non-hydrogen) atoms. The molecule has 2 rings (SSSR count). The molecule has 0 fully saturated rings. The van der Waals surface area contributed by atoms with E-state index < -0.39 is 36.8 Å². The Morgan fingerprint density at radius 3 is 1.85 bits per heavy atom. The molecule has 4 N–H and O–H groups in total. The van der Waals surface area contributed by atoms with E-state index in [4.69, 9.17) is 0 Å². The lowest BCUT2D eigenvalue weighted by atomic mass is 10.0. The second kappa shape index (κ2) is 7.04. The molecule has 0 bridgehead atoms. The van der Waals surface area contributed by atoms with Crippen molar-refractivity contribution in [3.05, 3.63) is 58.7 Å². The summed E-state index contributed by atoms with van der Waals surface area (Å²) in [5.41, 5.74) is -3.81. The van der Waals surface area contributed by atoms with Crippen LogP contribution in [0.25, 0.3) is 0 Å². The van der Waals surface area contributed by atoms with Crippen LogP contribution in [0.15, 0.2) is 36.4 Å². The third-order valence-corrected chi connectivity index (χ3v) is 8.09. The standard InChI is InChI=1S/C18H16O8Si/c1-9-4-3-5-11(8-9)27(17(23)24,18(25)26)13-7-6-12(15(19)20)10(2)14(13)16(21)22/h3-8H,1-2H3,(H,19,20)(H,21,22)(H,23,24)(H,25,26). The highest BCUT2D eigenvalue weighted by atomic mass is 28.3. The molecular weight excluding hydrogens is 372 g/mol. The van der Waals surface area contributed by atoms with Gasteiger partial charge in [0, 0.05) is 0 Å². The quantitative estimate of drug-likeness (QED) is 0.547. The summed E-state index contributed by atoms with van der Waals surface area (Å²) < 4.78 is 0. The SMILES string of the molecule is Cc1cccc([Si](C(=O)O)(C(=O)O)c2ccc(C(=O)O)c(C)c2C(=O)O)c1. The molecule has 0 spiro atoms. The highest BCUT2D eigenvalue weighted by molar-refractivity contribution is 7.37. The summed E-state index contributed by atoms with van der Waals surface area (Å²) in [7, 11) is -4.67. The summed E-state index contributed by atoms with van der Waals surface area (Å²) in [4.78, 5) is 47.7. The third-order valence-electron chi connectivity index (χ3n) is 4.41. The largest absolute Gasteiger partial charge is 0.485 e. The summed E-state index contributed by atoms with van der Waals surface area (Å²) in [5, 5.41) is 38.3. The van der Waals surface area contributed by atoms with Gasteiger partial charge < -0.3 is 20.4 Å². The predicted molar refractivity (Wildman–Crippen MR) is 97.3 cm³/mol. The number of aromatic carboxylic acids is 2. The number of hydrogen-bond acceptors (Lipinski definition) is 4. The van der Waals surface area contributed by atoms with E-state index in [9.17, 15) is 39.6 Å². The number of benzene rings is 2. The molecule has 0 aliphatic heterocycles. The Bertz CT molecular complexity index is 965. The van der Waals surface area contributed by atoms with Crippen LogP contribution < -0.4 is 10.4 Å². The second-order valence-electron chi connectivity index (χ2n) is 6.00. The van der Waals surface area contributed by atoms with E-state index in [1.807, 2.05) is 0 Å². The first-order valence-electron chi connectivity index (χ1n) is 7.69. The maximum absolute atomic E-state index is 12.3. The van der Waals surface area contributed by atoms with Crippen molar-refractivity contribution in [2.24, 2.45) is 0 Å². The summed E-state index contributed by atoms with van der Waals surface area (Å²) in [6.07, 6.45) is 0. The van der Waals surface area contributed by atoms with E-state index in [2.05, 4.69) is 0 Å². The van der Waals surface area contributed by atoms with Gasteiger partial charge in [-0.25, -0.2) is 9.59 Å². The van der Waals surface area contributed by atoms with Crippen molar-refractivity contribution in [1.82, 2.24) is 0 Å². The van der Waals surface area contributed by atoms with Gasteiger partial charge in [-0.1, -0.05) is 35.9 Å². The molecule has 0 saturated heterocycles. The minimum atomic E-state index is -4.67. The lowest BCUT2D eigenvalue weighted by Gasteiger charge is -2.26. The Morgan fingerprint density at radius 2 is 1.41 bits per heavy atom. The van der Waals surface area contributed by atoms with Gasteiger partial charge in [0.2, 0.25) is 0 Å². The lowest BCUT2D eigenvalue weighted by molar-refractivity contribution is 0.0696. The lowest BCUT2D eigenvalue weighted by Crippen LogP contribution is -2.71. The Morgan fingerprint density at radius 1 is 0.815 bits per heavy atom. The molecule has 9 heteroatoms. The fourth-order valence-electron chi connectivity index (χ4n) is 3.13. The van der Waals surface area contributed by atoms with Gasteiger partial charge in [0.15, 0.2) is 0 Å². The summed E-state index contributed by atoms with van der Waals surface area (Å²) in [6.45, 7) is 2.87. The van der Waals surface area contributed by atoms with Gasteiger partial charge in [-0.3, -0.25) is 9.59 Å². The minimum absolute atomic E-state index is 0.00697. The summed E-state index contributed by atoms with van der Waals surface area (Å²) >= 11 is 0. The molecule has 0 unspecified atom stereocenters. The zero-order valence-corrected chi connectivity index (χ0v) is 15.4. The Labute approximate surface area is 154 Å². The van der Waals surface area contributed by atoms with Gasteiger partial charge in [0.25, 0.3) is 11.2 Å². The number of carboxylic acids is 2. The normalized spacial score (nSPS) is 11.0. The van der Waals surface area contributed by atoms with Crippen LogP contribution in [-0.2, 0) is 0 Å². The molecular formula is C18H16O8Si. The molecule has 0 aliphatic carbocycles. The van der Waals surface area contributed by atoms with E-state index in [0.717, 1.165) is 12.1 Å². The van der Waals surface area contributed by atoms with Gasteiger partial charge in [0.05, 0.1) is 11.1 Å². The highest BCUT2D eigenvalue weighted by Gasteiger charge is 2.57. The average molecular weight is 388 g/mol. The maximum Gasteiger partial charge on any atom is 0.371 e. The van der Waals surface area contributed by atoms with Crippen molar-refractivity contribution in [3.63, 3.8) is 0 Å². The highest BCUT2D eigenvalue weighted by Crippen LogP contribution is 2.19. The van der Waals surface area contributed by atoms with Crippen molar-refractivity contribution >= 4 is 41.6 Å². The fraction of sp³-hybridized carbons (Fsp3) is 0.111. The predicted octanol–water partition coefficient (Wildman–Crippen LogP) is 1.78. The van der Waals surface area contributed by atoms with Crippen molar-refractivity contribution in [2.45, 2.75) is 13.8 Å². The van der Waals surface area contributed by atoms with Crippen molar-refractivity contribution in [2.75, 3.05) is 0 Å². The molecule has 0 atom stereocenters. The molecule has 0 aliphatic rings. The van der Waals surface area contributed by atoms with Gasteiger partial charge in [0.1, 0.15) is 0 Å². The molecule has 0 radical (unpaired) electrons. The Hall–Kier alpha value is -3.46. The molecule has 0 amide bonds. The van der Waals surface area contributed by atoms with Gasteiger partial charge in [-0.2, -0.15) is 0 Å². The van der Waals surface area contributed by atoms with Crippen LogP contribution in [0.1, 0.15) is 31.8 Å². The van der Waals surface area contributed by atoms with Crippen molar-refractivity contribution in [3.8, 4) is 0 Å². The molecule has 2 aromatic carbocycles. The monoisotopic (exact) mass is 388 g/mol. The van der Waals surface area contributed by atoms with Crippen LogP contribution in [0, 0.1) is 13.8 Å². The minimum Gasteiger partial charge on any atom is -0.485 e. The van der Waals surface area contributed by atoms with Crippen LogP contribution in [0.2, 0.25) is 0 Å². The Kier molecular flexibility index (Phi) is 5.18. The first-order chi connectivity index (χ1) is 12.5. The van der Waals surface area contributed by atoms with Crippen LogP contribution in [0.4, 0.5) is 9.59 Å². The average Bonchev–Trinajstić information content (AvgIpc) is 2.54. The number of carboxylic acid groups (broad SMARTS) is 4. The maximum atomic E-state index is 12.3. The summed E-state index contributed by atoms with van der Waals surface area (Å²) in [5.74, 6) is -2.98. The van der Waals surface area contributed by atoms with Gasteiger partial charge in [-0.15, -0.1) is 0 Å². The summed E-state index contributed by atoms with van der Waals surface area (Å²) in [6, 6.07) is 7.94. The van der Waals surface area contributed by atoms with Crippen LogP contribution >= 0.6 is 0 Å². The van der Waals surface area contributed by atoms with Crippen LogP contribution in [0.3, 0.4) is 0 Å².